The molecule has 1 fully saturated rings. The molecule has 0 aromatic heterocycles. The summed E-state index contributed by atoms with van der Waals surface area (Å²) in [6.45, 7) is 0. The second-order valence-electron chi connectivity index (χ2n) is 4.81. The molecule has 21 heavy (non-hydrogen) atoms. The average molecular weight is 398 g/mol. The van der Waals surface area contributed by atoms with Gasteiger partial charge in [-0.25, -0.2) is 13.6 Å². The molecular formula is C12H14BrClN2O4S. The van der Waals surface area contributed by atoms with Gasteiger partial charge in [0.05, 0.1) is 21.6 Å². The lowest BCUT2D eigenvalue weighted by Gasteiger charge is -2.34. The van der Waals surface area contributed by atoms with Crippen LogP contribution in [0.4, 0.5) is 0 Å². The monoisotopic (exact) mass is 396 g/mol. The molecule has 0 atom stereocenters. The zero-order chi connectivity index (χ0) is 15.8. The van der Waals surface area contributed by atoms with Gasteiger partial charge in [0.25, 0.3) is 5.91 Å². The second-order valence-corrected chi connectivity index (χ2v) is 7.60. The molecule has 116 valence electrons. The third-order valence-electron chi connectivity index (χ3n) is 3.34. The van der Waals surface area contributed by atoms with Crippen LogP contribution >= 0.6 is 27.5 Å². The lowest BCUT2D eigenvalue weighted by molar-refractivity contribution is 0.0176. The van der Waals surface area contributed by atoms with Crippen LogP contribution in [0.15, 0.2) is 21.5 Å². The summed E-state index contributed by atoms with van der Waals surface area (Å²) in [4.78, 5) is 12.0. The van der Waals surface area contributed by atoms with Gasteiger partial charge in [0.1, 0.15) is 0 Å². The third-order valence-corrected chi connectivity index (χ3v) is 5.52. The van der Waals surface area contributed by atoms with Gasteiger partial charge in [-0.2, -0.15) is 0 Å². The van der Waals surface area contributed by atoms with Crippen LogP contribution in [0, 0.1) is 0 Å². The number of nitrogens with one attached hydrogen (secondary N) is 1. The van der Waals surface area contributed by atoms with Crippen molar-refractivity contribution in [2.24, 2.45) is 5.14 Å². The van der Waals surface area contributed by atoms with Crippen molar-refractivity contribution in [3.63, 3.8) is 0 Å². The number of halogens is 2. The smallest absolute Gasteiger partial charge is 0.253 e. The molecule has 0 aliphatic heterocycles. The quantitative estimate of drug-likeness (QED) is 0.807. The Balaban J connectivity index is 2.21. The molecule has 1 aromatic carbocycles. The Kier molecular flexibility index (Phi) is 4.94. The Bertz CT molecular complexity index is 674. The van der Waals surface area contributed by atoms with Crippen LogP contribution in [0.2, 0.25) is 5.02 Å². The number of ether oxygens (including phenoxy) is 1. The minimum Gasteiger partial charge on any atom is -0.381 e. The first-order valence-corrected chi connectivity index (χ1v) is 8.79. The van der Waals surface area contributed by atoms with Crippen LogP contribution in [0.5, 0.6) is 0 Å². The van der Waals surface area contributed by atoms with E-state index in [1.54, 1.807) is 7.11 Å². The molecule has 0 unspecified atom stereocenters. The molecule has 0 bridgehead atoms. The molecule has 0 spiro atoms. The predicted molar refractivity (Wildman–Crippen MR) is 81.8 cm³/mol. The number of carbonyl (C=O) groups excluding carboxylic acids is 1. The Labute approximate surface area is 136 Å². The molecule has 0 radical (unpaired) electrons. The number of methoxy groups -OCH3 is 1. The fraction of sp³-hybridized carbons (Fsp3) is 0.417. The minimum atomic E-state index is -3.94. The van der Waals surface area contributed by atoms with E-state index in [4.69, 9.17) is 21.5 Å². The summed E-state index contributed by atoms with van der Waals surface area (Å²) in [6.07, 6.45) is 1.59. The van der Waals surface area contributed by atoms with Crippen LogP contribution in [-0.4, -0.2) is 33.6 Å². The zero-order valence-corrected chi connectivity index (χ0v) is 14.3. The lowest BCUT2D eigenvalue weighted by atomic mass is 9.89. The second kappa shape index (κ2) is 6.21. The van der Waals surface area contributed by atoms with Crippen molar-refractivity contribution in [3.8, 4) is 0 Å². The van der Waals surface area contributed by atoms with Crippen LogP contribution < -0.4 is 10.5 Å². The number of primary sulfonamides is 1. The number of benzene rings is 1. The zero-order valence-electron chi connectivity index (χ0n) is 11.1. The molecule has 1 amide bonds. The van der Waals surface area contributed by atoms with Gasteiger partial charge in [-0.05, 0) is 40.9 Å². The maximum Gasteiger partial charge on any atom is 0.253 e. The first kappa shape index (κ1) is 16.7. The van der Waals surface area contributed by atoms with E-state index in [1.807, 2.05) is 0 Å². The van der Waals surface area contributed by atoms with Crippen LogP contribution in [-0.2, 0) is 14.8 Å². The van der Waals surface area contributed by atoms with E-state index in [2.05, 4.69) is 21.2 Å². The molecule has 1 aliphatic rings. The van der Waals surface area contributed by atoms with Crippen LogP contribution in [0.3, 0.4) is 0 Å². The van der Waals surface area contributed by atoms with E-state index in [0.29, 0.717) is 0 Å². The van der Waals surface area contributed by atoms with E-state index in [0.717, 1.165) is 12.8 Å². The molecule has 0 saturated heterocycles. The number of amides is 1. The minimum absolute atomic E-state index is 0.0000900. The summed E-state index contributed by atoms with van der Waals surface area (Å²) in [5.41, 5.74) is 0.0739. The summed E-state index contributed by atoms with van der Waals surface area (Å²) >= 11 is 9.06. The molecule has 2 rings (SSSR count). The Morgan fingerprint density at radius 3 is 2.62 bits per heavy atom. The maximum absolute atomic E-state index is 12.2. The summed E-state index contributed by atoms with van der Waals surface area (Å²) in [5.74, 6) is -0.433. The average Bonchev–Trinajstić information content (AvgIpc) is 2.31. The van der Waals surface area contributed by atoms with Crippen molar-refractivity contribution >= 4 is 43.5 Å². The summed E-state index contributed by atoms with van der Waals surface area (Å²) in [7, 11) is -2.33. The lowest BCUT2D eigenvalue weighted by Crippen LogP contribution is -2.47. The highest BCUT2D eigenvalue weighted by Gasteiger charge is 2.31. The number of hydrogen-bond donors (Lipinski definition) is 2. The predicted octanol–water partition coefficient (Wildman–Crippen LogP) is 1.66. The molecule has 1 aromatic rings. The third kappa shape index (κ3) is 3.75. The Morgan fingerprint density at radius 1 is 1.48 bits per heavy atom. The van der Waals surface area contributed by atoms with Crippen LogP contribution in [0.1, 0.15) is 23.2 Å². The van der Waals surface area contributed by atoms with Gasteiger partial charge < -0.3 is 10.1 Å². The molecule has 6 nitrogen and oxygen atoms in total. The van der Waals surface area contributed by atoms with Crippen molar-refractivity contribution in [1.29, 1.82) is 0 Å². The van der Waals surface area contributed by atoms with Crippen molar-refractivity contribution in [2.75, 3.05) is 7.11 Å². The van der Waals surface area contributed by atoms with Gasteiger partial charge in [0.15, 0.2) is 0 Å². The van der Waals surface area contributed by atoms with Gasteiger partial charge in [-0.15, -0.1) is 0 Å². The maximum atomic E-state index is 12.2. The van der Waals surface area contributed by atoms with Gasteiger partial charge in [0, 0.05) is 17.6 Å². The molecule has 0 heterocycles. The fourth-order valence-electron chi connectivity index (χ4n) is 2.06. The number of rotatable bonds is 4. The van der Waals surface area contributed by atoms with E-state index >= 15 is 0 Å². The topological polar surface area (TPSA) is 98.5 Å². The SMILES string of the molecule is COC1CC(NC(=O)c2cc(S(N)(=O)=O)c(Br)cc2Cl)C1. The molecule has 9 heteroatoms. The Morgan fingerprint density at radius 2 is 2.10 bits per heavy atom. The Hall–Kier alpha value is -0.670. The number of hydrogen-bond acceptors (Lipinski definition) is 4. The highest BCUT2D eigenvalue weighted by Crippen LogP contribution is 2.29. The van der Waals surface area contributed by atoms with Gasteiger partial charge in [0.2, 0.25) is 10.0 Å². The number of carbonyl (C=O) groups is 1. The van der Waals surface area contributed by atoms with Crippen molar-refractivity contribution < 1.29 is 17.9 Å². The van der Waals surface area contributed by atoms with Crippen molar-refractivity contribution in [3.05, 3.63) is 27.2 Å². The van der Waals surface area contributed by atoms with Crippen molar-refractivity contribution in [1.82, 2.24) is 5.32 Å². The first-order chi connectivity index (χ1) is 9.72. The number of sulfonamides is 1. The number of nitrogens with two attached hydrogens (primary N) is 1. The molecule has 1 aliphatic carbocycles. The summed E-state index contributed by atoms with van der Waals surface area (Å²) in [6, 6.07) is 2.51. The van der Waals surface area contributed by atoms with Crippen LogP contribution in [0.25, 0.3) is 0 Å². The van der Waals surface area contributed by atoms with Gasteiger partial charge in [-0.1, -0.05) is 11.6 Å². The van der Waals surface area contributed by atoms with E-state index in [1.165, 1.54) is 12.1 Å². The van der Waals surface area contributed by atoms with Gasteiger partial charge >= 0.3 is 0 Å². The molecule has 1 saturated carbocycles. The molecule has 3 N–H and O–H groups in total. The van der Waals surface area contributed by atoms with Crippen molar-refractivity contribution in [2.45, 2.75) is 29.9 Å². The normalized spacial score (nSPS) is 21.7. The van der Waals surface area contributed by atoms with E-state index in [-0.39, 0.29) is 32.1 Å². The first-order valence-electron chi connectivity index (χ1n) is 6.08. The summed E-state index contributed by atoms with van der Waals surface area (Å²) in [5, 5.41) is 8.03. The highest BCUT2D eigenvalue weighted by atomic mass is 79.9. The summed E-state index contributed by atoms with van der Waals surface area (Å²) < 4.78 is 28.3. The van der Waals surface area contributed by atoms with E-state index in [9.17, 15) is 13.2 Å². The van der Waals surface area contributed by atoms with E-state index < -0.39 is 15.9 Å². The largest absolute Gasteiger partial charge is 0.381 e. The van der Waals surface area contributed by atoms with Gasteiger partial charge in [-0.3, -0.25) is 4.79 Å². The highest BCUT2D eigenvalue weighted by molar-refractivity contribution is 9.10. The fourth-order valence-corrected chi connectivity index (χ4v) is 4.07. The standard InChI is InChI=1S/C12H14BrClN2O4S/c1-20-7-2-6(3-7)16-12(17)8-4-11(21(15,18)19)9(13)5-10(8)14/h4-7H,2-3H2,1H3,(H,16,17)(H2,15,18,19). The molecular weight excluding hydrogens is 384 g/mol.